The molecule has 0 heterocycles. The van der Waals surface area contributed by atoms with Gasteiger partial charge in [-0.1, -0.05) is 110 Å². The summed E-state index contributed by atoms with van der Waals surface area (Å²) in [6.07, 6.45) is 24.4. The van der Waals surface area contributed by atoms with Gasteiger partial charge in [-0.3, -0.25) is 0 Å². The second-order valence-corrected chi connectivity index (χ2v) is 7.95. The molecule has 0 amide bonds. The number of hydrogen-bond donors (Lipinski definition) is 0. The van der Waals surface area contributed by atoms with Crippen molar-refractivity contribution in [3.8, 4) is 0 Å². The Kier molecular flexibility index (Phi) is 14.1. The van der Waals surface area contributed by atoms with Crippen molar-refractivity contribution in [1.29, 1.82) is 0 Å². The molecule has 1 aliphatic carbocycles. The molecule has 1 saturated carbocycles. The standard InChI is InChI=1S/C22H43F/c1-2-3-4-5-6-7-8-9-10-11-12-13-17-20-22(23)21-18-15-14-16-19-21/h21-22H,2-20H2,1H3. The van der Waals surface area contributed by atoms with E-state index in [1.165, 1.54) is 96.3 Å². The van der Waals surface area contributed by atoms with E-state index in [-0.39, 0.29) is 0 Å². The lowest BCUT2D eigenvalue weighted by molar-refractivity contribution is 0.167. The maximum absolute atomic E-state index is 14.1. The van der Waals surface area contributed by atoms with Crippen molar-refractivity contribution < 1.29 is 4.39 Å². The van der Waals surface area contributed by atoms with Crippen LogP contribution in [0.5, 0.6) is 0 Å². The molecule has 1 fully saturated rings. The molecule has 0 aromatic carbocycles. The second kappa shape index (κ2) is 15.5. The molecule has 0 spiro atoms. The number of alkyl halides is 1. The van der Waals surface area contributed by atoms with Crippen LogP contribution < -0.4 is 0 Å². The highest BCUT2D eigenvalue weighted by atomic mass is 19.1. The first-order valence-electron chi connectivity index (χ1n) is 11.0. The van der Waals surface area contributed by atoms with Gasteiger partial charge in [0.05, 0.1) is 0 Å². The second-order valence-electron chi connectivity index (χ2n) is 7.95. The third-order valence-corrected chi connectivity index (χ3v) is 5.74. The Hall–Kier alpha value is -0.0700. The summed E-state index contributed by atoms with van der Waals surface area (Å²) in [5, 5.41) is 0. The summed E-state index contributed by atoms with van der Waals surface area (Å²) in [4.78, 5) is 0. The summed E-state index contributed by atoms with van der Waals surface area (Å²) in [5.41, 5.74) is 0. The molecule has 0 aromatic rings. The number of halogens is 1. The molecule has 1 atom stereocenters. The van der Waals surface area contributed by atoms with Crippen LogP contribution in [0.4, 0.5) is 4.39 Å². The van der Waals surface area contributed by atoms with Gasteiger partial charge in [0.25, 0.3) is 0 Å². The van der Waals surface area contributed by atoms with Crippen LogP contribution in [0.15, 0.2) is 0 Å². The van der Waals surface area contributed by atoms with Gasteiger partial charge in [-0.05, 0) is 25.2 Å². The predicted molar refractivity (Wildman–Crippen MR) is 102 cm³/mol. The van der Waals surface area contributed by atoms with Gasteiger partial charge < -0.3 is 0 Å². The highest BCUT2D eigenvalue weighted by Gasteiger charge is 2.22. The van der Waals surface area contributed by atoms with Gasteiger partial charge in [0.1, 0.15) is 6.17 Å². The summed E-state index contributed by atoms with van der Waals surface area (Å²) in [7, 11) is 0. The molecule has 1 heteroatoms. The quantitative estimate of drug-likeness (QED) is 0.265. The molecule has 23 heavy (non-hydrogen) atoms. The predicted octanol–water partition coefficient (Wildman–Crippen LogP) is 8.39. The highest BCUT2D eigenvalue weighted by molar-refractivity contribution is 4.73. The Morgan fingerprint density at radius 1 is 0.652 bits per heavy atom. The maximum Gasteiger partial charge on any atom is 0.103 e. The van der Waals surface area contributed by atoms with E-state index in [0.717, 1.165) is 25.7 Å². The zero-order chi connectivity index (χ0) is 16.6. The molecule has 0 bridgehead atoms. The third-order valence-electron chi connectivity index (χ3n) is 5.74. The molecule has 0 N–H and O–H groups in total. The minimum absolute atomic E-state index is 0.404. The van der Waals surface area contributed by atoms with Gasteiger partial charge in [-0.15, -0.1) is 0 Å². The Bertz CT molecular complexity index is 232. The van der Waals surface area contributed by atoms with Crippen LogP contribution in [0.2, 0.25) is 0 Å². The fourth-order valence-corrected chi connectivity index (χ4v) is 4.09. The zero-order valence-electron chi connectivity index (χ0n) is 16.0. The van der Waals surface area contributed by atoms with Crippen LogP contribution in [0.25, 0.3) is 0 Å². The summed E-state index contributed by atoms with van der Waals surface area (Å²) < 4.78 is 14.1. The van der Waals surface area contributed by atoms with Crippen LogP contribution in [0.3, 0.4) is 0 Å². The fraction of sp³-hybridized carbons (Fsp3) is 1.00. The summed E-state index contributed by atoms with van der Waals surface area (Å²) in [5.74, 6) is 0.404. The van der Waals surface area contributed by atoms with E-state index in [9.17, 15) is 4.39 Å². The molecule has 0 aliphatic heterocycles. The minimum Gasteiger partial charge on any atom is -0.247 e. The first-order valence-corrected chi connectivity index (χ1v) is 11.0. The Balaban J connectivity index is 1.76. The van der Waals surface area contributed by atoms with Gasteiger partial charge in [0.2, 0.25) is 0 Å². The van der Waals surface area contributed by atoms with E-state index in [1.54, 1.807) is 0 Å². The van der Waals surface area contributed by atoms with Gasteiger partial charge >= 0.3 is 0 Å². The van der Waals surface area contributed by atoms with E-state index in [4.69, 9.17) is 0 Å². The molecule has 1 unspecified atom stereocenters. The topological polar surface area (TPSA) is 0 Å². The number of hydrogen-bond acceptors (Lipinski definition) is 0. The smallest absolute Gasteiger partial charge is 0.103 e. The van der Waals surface area contributed by atoms with Crippen molar-refractivity contribution >= 4 is 0 Å². The van der Waals surface area contributed by atoms with Crippen molar-refractivity contribution in [2.24, 2.45) is 5.92 Å². The lowest BCUT2D eigenvalue weighted by atomic mass is 9.84. The van der Waals surface area contributed by atoms with Crippen molar-refractivity contribution in [1.82, 2.24) is 0 Å². The summed E-state index contributed by atoms with van der Waals surface area (Å²) in [6, 6.07) is 0. The zero-order valence-corrected chi connectivity index (χ0v) is 16.0. The first-order chi connectivity index (χ1) is 11.3. The van der Waals surface area contributed by atoms with E-state index >= 15 is 0 Å². The molecule has 0 radical (unpaired) electrons. The molecule has 1 aliphatic rings. The SMILES string of the molecule is CCCCCCCCCCCCCCCC(F)C1CCCCC1. The van der Waals surface area contributed by atoms with Crippen molar-refractivity contribution in [2.45, 2.75) is 135 Å². The molecule has 1 rings (SSSR count). The molecular formula is C22H43F. The Morgan fingerprint density at radius 3 is 1.57 bits per heavy atom. The number of unbranched alkanes of at least 4 members (excludes halogenated alkanes) is 12. The van der Waals surface area contributed by atoms with Crippen molar-refractivity contribution in [3.63, 3.8) is 0 Å². The van der Waals surface area contributed by atoms with E-state index in [0.29, 0.717) is 5.92 Å². The van der Waals surface area contributed by atoms with Gasteiger partial charge in [-0.2, -0.15) is 0 Å². The average molecular weight is 327 g/mol. The number of rotatable bonds is 15. The lowest BCUT2D eigenvalue weighted by Gasteiger charge is -2.24. The van der Waals surface area contributed by atoms with E-state index < -0.39 is 6.17 Å². The third kappa shape index (κ3) is 12.0. The fourth-order valence-electron chi connectivity index (χ4n) is 4.09. The van der Waals surface area contributed by atoms with Gasteiger partial charge in [0, 0.05) is 0 Å². The Morgan fingerprint density at radius 2 is 1.09 bits per heavy atom. The summed E-state index contributed by atoms with van der Waals surface area (Å²) >= 11 is 0. The normalized spacial score (nSPS) is 17.5. The molecule has 0 nitrogen and oxygen atoms in total. The van der Waals surface area contributed by atoms with E-state index in [2.05, 4.69) is 6.92 Å². The molecule has 0 saturated heterocycles. The van der Waals surface area contributed by atoms with Crippen LogP contribution in [-0.2, 0) is 0 Å². The highest BCUT2D eigenvalue weighted by Crippen LogP contribution is 2.30. The maximum atomic E-state index is 14.1. The summed E-state index contributed by atoms with van der Waals surface area (Å²) in [6.45, 7) is 2.28. The van der Waals surface area contributed by atoms with E-state index in [1.807, 2.05) is 0 Å². The van der Waals surface area contributed by atoms with Crippen LogP contribution in [-0.4, -0.2) is 6.17 Å². The Labute approximate surface area is 146 Å². The molecule has 0 aromatic heterocycles. The minimum atomic E-state index is -0.497. The molecular weight excluding hydrogens is 283 g/mol. The van der Waals surface area contributed by atoms with Gasteiger partial charge in [-0.25, -0.2) is 4.39 Å². The lowest BCUT2D eigenvalue weighted by Crippen LogP contribution is -2.18. The van der Waals surface area contributed by atoms with Crippen LogP contribution in [0.1, 0.15) is 129 Å². The van der Waals surface area contributed by atoms with Gasteiger partial charge in [0.15, 0.2) is 0 Å². The average Bonchev–Trinajstić information content (AvgIpc) is 2.59. The van der Waals surface area contributed by atoms with Crippen LogP contribution >= 0.6 is 0 Å². The first kappa shape index (κ1) is 21.0. The largest absolute Gasteiger partial charge is 0.247 e. The monoisotopic (exact) mass is 326 g/mol. The van der Waals surface area contributed by atoms with Crippen molar-refractivity contribution in [3.05, 3.63) is 0 Å². The van der Waals surface area contributed by atoms with Crippen LogP contribution in [0, 0.1) is 5.92 Å². The van der Waals surface area contributed by atoms with Crippen molar-refractivity contribution in [2.75, 3.05) is 0 Å². The molecule has 138 valence electrons.